The summed E-state index contributed by atoms with van der Waals surface area (Å²) in [4.78, 5) is 15.7. The van der Waals surface area contributed by atoms with Crippen LogP contribution in [0.5, 0.6) is 0 Å². The fraction of sp³-hybridized carbons (Fsp3) is 0.929. The van der Waals surface area contributed by atoms with E-state index in [1.807, 2.05) is 4.90 Å². The minimum absolute atomic E-state index is 0.304. The topological polar surface area (TPSA) is 55.8 Å². The van der Waals surface area contributed by atoms with Crippen molar-refractivity contribution in [3.8, 4) is 0 Å². The minimum Gasteiger partial charge on any atom is -0.357 e. The molecule has 5 heteroatoms. The lowest BCUT2D eigenvalue weighted by Crippen LogP contribution is -2.71. The van der Waals surface area contributed by atoms with E-state index in [9.17, 15) is 9.90 Å². The summed E-state index contributed by atoms with van der Waals surface area (Å²) in [5.41, 5.74) is 0. The van der Waals surface area contributed by atoms with Crippen molar-refractivity contribution in [2.45, 2.75) is 56.5 Å². The number of nitrogens with zero attached hydrogens (tertiary/aromatic N) is 2. The van der Waals surface area contributed by atoms with Crippen LogP contribution in [0.2, 0.25) is 0 Å². The maximum absolute atomic E-state index is 11.6. The number of hydrogen-bond acceptors (Lipinski definition) is 5. The molecule has 3 aliphatic rings. The normalized spacial score (nSPS) is 36.7. The third kappa shape index (κ3) is 2.33. The summed E-state index contributed by atoms with van der Waals surface area (Å²) in [6.07, 6.45) is 7.62. The van der Waals surface area contributed by atoms with Crippen LogP contribution in [0.3, 0.4) is 0 Å². The molecule has 2 saturated heterocycles. The lowest BCUT2D eigenvalue weighted by atomic mass is 9.87. The van der Waals surface area contributed by atoms with Crippen LogP contribution in [-0.4, -0.2) is 65.3 Å². The first-order chi connectivity index (χ1) is 9.25. The van der Waals surface area contributed by atoms with E-state index in [-0.39, 0.29) is 0 Å². The molecule has 5 nitrogen and oxygen atoms in total. The highest BCUT2D eigenvalue weighted by Gasteiger charge is 2.48. The summed E-state index contributed by atoms with van der Waals surface area (Å²) < 4.78 is 0. The van der Waals surface area contributed by atoms with Crippen molar-refractivity contribution in [3.63, 3.8) is 0 Å². The van der Waals surface area contributed by atoms with Crippen LogP contribution in [0.1, 0.15) is 38.5 Å². The van der Waals surface area contributed by atoms with Gasteiger partial charge in [-0.1, -0.05) is 12.8 Å². The summed E-state index contributed by atoms with van der Waals surface area (Å²) in [5.74, 6) is -1.38. The first-order valence-electron chi connectivity index (χ1n) is 7.69. The van der Waals surface area contributed by atoms with Gasteiger partial charge in [-0.2, -0.15) is 0 Å². The number of carbonyl (C=O) groups is 1. The molecule has 0 bridgehead atoms. The molecule has 1 saturated carbocycles. The maximum Gasteiger partial charge on any atom is 0.236 e. The zero-order chi connectivity index (χ0) is 13.3. The van der Waals surface area contributed by atoms with Crippen molar-refractivity contribution in [3.05, 3.63) is 0 Å². The number of aliphatic hydroxyl groups is 1. The zero-order valence-corrected chi connectivity index (χ0v) is 11.6. The highest BCUT2D eigenvalue weighted by molar-refractivity contribution is 5.61. The molecule has 0 spiro atoms. The quantitative estimate of drug-likeness (QED) is 0.713. The number of aldehydes is 1. The SMILES string of the molecule is O=CC(O)(N1CCCC1)N1CCNC2CCCCC21. The van der Waals surface area contributed by atoms with E-state index in [1.54, 1.807) is 0 Å². The third-order valence-electron chi connectivity index (χ3n) is 5.04. The Labute approximate surface area is 114 Å². The smallest absolute Gasteiger partial charge is 0.236 e. The average Bonchev–Trinajstić information content (AvgIpc) is 3.00. The first kappa shape index (κ1) is 13.5. The number of likely N-dealkylation sites (tertiary alicyclic amines) is 1. The molecule has 2 aliphatic heterocycles. The van der Waals surface area contributed by atoms with Gasteiger partial charge in [-0.25, -0.2) is 0 Å². The van der Waals surface area contributed by atoms with Crippen LogP contribution in [0.25, 0.3) is 0 Å². The maximum atomic E-state index is 11.6. The molecule has 3 atom stereocenters. The van der Waals surface area contributed by atoms with E-state index < -0.39 is 5.85 Å². The van der Waals surface area contributed by atoms with Crippen molar-refractivity contribution in [1.29, 1.82) is 0 Å². The van der Waals surface area contributed by atoms with Crippen molar-refractivity contribution in [1.82, 2.24) is 15.1 Å². The minimum atomic E-state index is -1.38. The van der Waals surface area contributed by atoms with Gasteiger partial charge in [-0.3, -0.25) is 14.6 Å². The Bertz CT molecular complexity index is 331. The van der Waals surface area contributed by atoms with Gasteiger partial charge in [-0.05, 0) is 25.7 Å². The van der Waals surface area contributed by atoms with Crippen LogP contribution in [-0.2, 0) is 4.79 Å². The van der Waals surface area contributed by atoms with Crippen molar-refractivity contribution >= 4 is 6.29 Å². The molecule has 0 aromatic heterocycles. The molecular weight excluding hydrogens is 242 g/mol. The number of rotatable bonds is 3. The number of carbonyl (C=O) groups excluding carboxylic acids is 1. The predicted molar refractivity (Wildman–Crippen MR) is 72.6 cm³/mol. The van der Waals surface area contributed by atoms with Gasteiger partial charge >= 0.3 is 0 Å². The van der Waals surface area contributed by atoms with Gasteiger partial charge < -0.3 is 10.4 Å². The molecule has 3 fully saturated rings. The molecule has 0 aromatic carbocycles. The van der Waals surface area contributed by atoms with Gasteiger partial charge in [0.1, 0.15) is 0 Å². The van der Waals surface area contributed by atoms with Gasteiger partial charge in [0, 0.05) is 38.3 Å². The van der Waals surface area contributed by atoms with Gasteiger partial charge in [0.25, 0.3) is 0 Å². The number of hydrogen-bond donors (Lipinski definition) is 2. The lowest BCUT2D eigenvalue weighted by molar-refractivity contribution is -0.216. The zero-order valence-electron chi connectivity index (χ0n) is 11.6. The molecule has 3 rings (SSSR count). The fourth-order valence-electron chi connectivity index (χ4n) is 4.04. The second-order valence-electron chi connectivity index (χ2n) is 6.11. The Kier molecular flexibility index (Phi) is 3.89. The average molecular weight is 267 g/mol. The predicted octanol–water partition coefficient (Wildman–Crippen LogP) is 0.144. The molecule has 19 heavy (non-hydrogen) atoms. The second-order valence-corrected chi connectivity index (χ2v) is 6.11. The highest BCUT2D eigenvalue weighted by Crippen LogP contribution is 2.32. The van der Waals surface area contributed by atoms with Gasteiger partial charge in [0.05, 0.1) is 0 Å². The Morgan fingerprint density at radius 2 is 1.84 bits per heavy atom. The van der Waals surface area contributed by atoms with Gasteiger partial charge in [0.2, 0.25) is 5.85 Å². The Hall–Kier alpha value is -0.490. The second kappa shape index (κ2) is 5.48. The molecule has 1 aliphatic carbocycles. The fourth-order valence-corrected chi connectivity index (χ4v) is 4.04. The summed E-state index contributed by atoms with van der Waals surface area (Å²) >= 11 is 0. The molecule has 0 amide bonds. The third-order valence-corrected chi connectivity index (χ3v) is 5.04. The molecule has 0 radical (unpaired) electrons. The standard InChI is InChI=1S/C14H25N3O2/c18-11-14(19,16-8-3-4-9-16)17-10-7-15-12-5-1-2-6-13(12)17/h11-13,15,19H,1-10H2. The first-order valence-corrected chi connectivity index (χ1v) is 7.69. The lowest BCUT2D eigenvalue weighted by Gasteiger charge is -2.52. The number of fused-ring (bicyclic) bond motifs is 1. The molecule has 0 aromatic rings. The van der Waals surface area contributed by atoms with Crippen LogP contribution in [0.15, 0.2) is 0 Å². The molecule has 2 heterocycles. The summed E-state index contributed by atoms with van der Waals surface area (Å²) in [5, 5.41) is 14.5. The van der Waals surface area contributed by atoms with Gasteiger partial charge in [0.15, 0.2) is 6.29 Å². The number of nitrogens with one attached hydrogen (secondary N) is 1. The number of piperazine rings is 1. The van der Waals surface area contributed by atoms with Gasteiger partial charge in [-0.15, -0.1) is 0 Å². The molecular formula is C14H25N3O2. The van der Waals surface area contributed by atoms with E-state index >= 15 is 0 Å². The van der Waals surface area contributed by atoms with E-state index in [4.69, 9.17) is 0 Å². The van der Waals surface area contributed by atoms with Crippen LogP contribution >= 0.6 is 0 Å². The highest BCUT2D eigenvalue weighted by atomic mass is 16.3. The van der Waals surface area contributed by atoms with Crippen LogP contribution < -0.4 is 5.32 Å². The van der Waals surface area contributed by atoms with E-state index in [2.05, 4.69) is 10.2 Å². The summed E-state index contributed by atoms with van der Waals surface area (Å²) in [6.45, 7) is 3.28. The van der Waals surface area contributed by atoms with Crippen molar-refractivity contribution in [2.24, 2.45) is 0 Å². The summed E-state index contributed by atoms with van der Waals surface area (Å²) in [7, 11) is 0. The van der Waals surface area contributed by atoms with E-state index in [0.29, 0.717) is 12.1 Å². The summed E-state index contributed by atoms with van der Waals surface area (Å²) in [6, 6.07) is 0.745. The van der Waals surface area contributed by atoms with E-state index in [0.717, 1.165) is 58.1 Å². The van der Waals surface area contributed by atoms with E-state index in [1.165, 1.54) is 12.8 Å². The monoisotopic (exact) mass is 267 g/mol. The molecule has 2 N–H and O–H groups in total. The molecule has 108 valence electrons. The molecule has 3 unspecified atom stereocenters. The van der Waals surface area contributed by atoms with Crippen LogP contribution in [0, 0.1) is 0 Å². The van der Waals surface area contributed by atoms with Crippen molar-refractivity contribution < 1.29 is 9.90 Å². The van der Waals surface area contributed by atoms with Crippen molar-refractivity contribution in [2.75, 3.05) is 26.2 Å². The largest absolute Gasteiger partial charge is 0.357 e. The Morgan fingerprint density at radius 3 is 2.58 bits per heavy atom. The Morgan fingerprint density at radius 1 is 1.11 bits per heavy atom. The Balaban J connectivity index is 1.82. The van der Waals surface area contributed by atoms with Crippen LogP contribution in [0.4, 0.5) is 0 Å².